The quantitative estimate of drug-likeness (QED) is 0.603. The molecule has 0 aliphatic carbocycles. The highest BCUT2D eigenvalue weighted by Gasteiger charge is 2.15. The van der Waals surface area contributed by atoms with Gasteiger partial charge in [0.05, 0.1) is 6.42 Å². The molecule has 0 aromatic rings. The van der Waals surface area contributed by atoms with Crippen LogP contribution in [0.3, 0.4) is 0 Å². The summed E-state index contributed by atoms with van der Waals surface area (Å²) in [7, 11) is -1.15. The molecule has 0 spiro atoms. The third-order valence-corrected chi connectivity index (χ3v) is 2.22. The van der Waals surface area contributed by atoms with Crippen molar-refractivity contribution < 1.29 is 14.0 Å². The fourth-order valence-corrected chi connectivity index (χ4v) is 1.52. The lowest BCUT2D eigenvalue weighted by Gasteiger charge is -1.91. The molecular formula is C5H8FN5O2S. The second-order valence-electron chi connectivity index (χ2n) is 2.18. The number of amides is 1. The van der Waals surface area contributed by atoms with Gasteiger partial charge in [-0.3, -0.25) is 4.79 Å². The molecule has 0 aromatic carbocycles. The molecule has 0 radical (unpaired) electrons. The summed E-state index contributed by atoms with van der Waals surface area (Å²) in [4.78, 5) is 18.3. The Morgan fingerprint density at radius 3 is 3.00 bits per heavy atom. The zero-order chi connectivity index (χ0) is 10.6. The minimum absolute atomic E-state index is 0.0784. The van der Waals surface area contributed by atoms with Crippen molar-refractivity contribution in [1.82, 2.24) is 0 Å². The zero-order valence-electron chi connectivity index (χ0n) is 7.01. The maximum Gasteiger partial charge on any atom is 0.225 e. The van der Waals surface area contributed by atoms with Gasteiger partial charge in [0.15, 0.2) is 11.0 Å². The minimum Gasteiger partial charge on any atom is -0.376 e. The number of hydrogen-bond acceptors (Lipinski definition) is 5. The molecule has 14 heavy (non-hydrogen) atoms. The molecular weight excluding hydrogens is 213 g/mol. The Labute approximate surface area is 81.2 Å². The maximum absolute atomic E-state index is 11.6. The van der Waals surface area contributed by atoms with Gasteiger partial charge in [-0.15, -0.1) is 0 Å². The van der Waals surface area contributed by atoms with Crippen molar-refractivity contribution in [3.8, 4) is 0 Å². The van der Waals surface area contributed by atoms with E-state index < -0.39 is 23.6 Å². The lowest BCUT2D eigenvalue weighted by molar-refractivity contribution is -0.116. The van der Waals surface area contributed by atoms with E-state index in [-0.39, 0.29) is 17.4 Å². The number of carbonyl (C=O) groups excluding carboxylic acids is 1. The number of rotatable bonds is 4. The van der Waals surface area contributed by atoms with Crippen molar-refractivity contribution in [2.45, 2.75) is 6.42 Å². The van der Waals surface area contributed by atoms with Crippen LogP contribution in [0.5, 0.6) is 0 Å². The van der Waals surface area contributed by atoms with Crippen LogP contribution in [0.1, 0.15) is 6.42 Å². The van der Waals surface area contributed by atoms with Crippen LogP contribution in [-0.4, -0.2) is 23.8 Å². The molecule has 9 heteroatoms. The molecule has 0 saturated carbocycles. The Hall–Kier alpha value is -1.35. The smallest absolute Gasteiger partial charge is 0.225 e. The van der Waals surface area contributed by atoms with Gasteiger partial charge in [0, 0.05) is 0 Å². The summed E-state index contributed by atoms with van der Waals surface area (Å²) in [6, 6.07) is 0. The Kier molecular flexibility index (Phi) is 3.65. The van der Waals surface area contributed by atoms with Crippen LogP contribution in [0.4, 0.5) is 4.39 Å². The molecule has 78 valence electrons. The summed E-state index contributed by atoms with van der Waals surface area (Å²) in [5.41, 5.74) is 10.3. The molecule has 1 rings (SSSR count). The molecule has 1 amide bonds. The first-order valence-electron chi connectivity index (χ1n) is 3.47. The third kappa shape index (κ3) is 2.85. The molecule has 1 aliphatic heterocycles. The fourth-order valence-electron chi connectivity index (χ4n) is 0.687. The highest BCUT2D eigenvalue weighted by molar-refractivity contribution is 8.01. The van der Waals surface area contributed by atoms with Crippen molar-refractivity contribution in [3.05, 3.63) is 0 Å². The molecule has 1 aliphatic rings. The largest absolute Gasteiger partial charge is 0.376 e. The number of alkyl halides is 1. The highest BCUT2D eigenvalue weighted by atomic mass is 32.2. The Balaban J connectivity index is 2.70. The number of hydrogen-bond donors (Lipinski definition) is 2. The van der Waals surface area contributed by atoms with Crippen molar-refractivity contribution in [2.24, 2.45) is 25.4 Å². The number of halogens is 1. The van der Waals surface area contributed by atoms with E-state index >= 15 is 0 Å². The predicted octanol–water partition coefficient (Wildman–Crippen LogP) is -0.836. The minimum atomic E-state index is -1.15. The van der Waals surface area contributed by atoms with E-state index in [1.807, 2.05) is 0 Å². The predicted molar refractivity (Wildman–Crippen MR) is 49.7 cm³/mol. The van der Waals surface area contributed by atoms with Crippen molar-refractivity contribution in [1.29, 1.82) is 0 Å². The average molecular weight is 221 g/mol. The van der Waals surface area contributed by atoms with Gasteiger partial charge in [0.25, 0.3) is 0 Å². The second kappa shape index (κ2) is 4.77. The van der Waals surface area contributed by atoms with Crippen LogP contribution in [0, 0.1) is 0 Å². The van der Waals surface area contributed by atoms with Gasteiger partial charge in [-0.05, 0) is 0 Å². The van der Waals surface area contributed by atoms with Gasteiger partial charge >= 0.3 is 0 Å². The van der Waals surface area contributed by atoms with E-state index in [1.54, 1.807) is 0 Å². The monoisotopic (exact) mass is 221 g/mol. The summed E-state index contributed by atoms with van der Waals surface area (Å²) < 4.78 is 18.7. The van der Waals surface area contributed by atoms with Crippen molar-refractivity contribution in [3.63, 3.8) is 0 Å². The SMILES string of the molecule is NC(=O)CC1=N/S(=N\OCF)C(N)=N1. The van der Waals surface area contributed by atoms with Crippen molar-refractivity contribution in [2.75, 3.05) is 6.86 Å². The van der Waals surface area contributed by atoms with Crippen LogP contribution >= 0.6 is 0 Å². The zero-order valence-corrected chi connectivity index (χ0v) is 7.83. The van der Waals surface area contributed by atoms with Crippen molar-refractivity contribution >= 4 is 27.8 Å². The van der Waals surface area contributed by atoms with Crippen LogP contribution < -0.4 is 11.5 Å². The Morgan fingerprint density at radius 1 is 1.71 bits per heavy atom. The van der Waals surface area contributed by atoms with E-state index in [0.29, 0.717) is 0 Å². The molecule has 0 saturated heterocycles. The summed E-state index contributed by atoms with van der Waals surface area (Å²) in [6.07, 6.45) is -0.116. The number of primary amides is 1. The summed E-state index contributed by atoms with van der Waals surface area (Å²) >= 11 is 0. The van der Waals surface area contributed by atoms with Crippen LogP contribution in [-0.2, 0) is 20.5 Å². The first-order valence-corrected chi connectivity index (χ1v) is 4.61. The van der Waals surface area contributed by atoms with Gasteiger partial charge in [-0.25, -0.2) is 14.2 Å². The van der Waals surface area contributed by atoms with Gasteiger partial charge < -0.3 is 11.5 Å². The summed E-state index contributed by atoms with van der Waals surface area (Å²) in [6.45, 7) is -1.06. The van der Waals surface area contributed by atoms with Gasteiger partial charge in [0.2, 0.25) is 12.8 Å². The summed E-state index contributed by atoms with van der Waals surface area (Å²) in [5.74, 6) is -0.387. The average Bonchev–Trinajstić information content (AvgIpc) is 2.41. The molecule has 7 nitrogen and oxygen atoms in total. The normalized spacial score (nSPS) is 20.8. The fraction of sp³-hybridized carbons (Fsp3) is 0.400. The van der Waals surface area contributed by atoms with Gasteiger partial charge in [0.1, 0.15) is 10.9 Å². The lowest BCUT2D eigenvalue weighted by Crippen LogP contribution is -2.15. The number of carbonyl (C=O) groups is 1. The Bertz CT molecular complexity index is 339. The molecule has 4 N–H and O–H groups in total. The van der Waals surface area contributed by atoms with Crippen LogP contribution in [0.15, 0.2) is 13.9 Å². The van der Waals surface area contributed by atoms with Gasteiger partial charge in [-0.1, -0.05) is 4.53 Å². The molecule has 0 fully saturated rings. The molecule has 1 unspecified atom stereocenters. The number of amidine groups is 2. The molecule has 1 atom stereocenters. The molecule has 1 heterocycles. The van der Waals surface area contributed by atoms with E-state index in [9.17, 15) is 9.18 Å². The number of nitrogens with two attached hydrogens (primary N) is 2. The Morgan fingerprint density at radius 2 is 2.43 bits per heavy atom. The topological polar surface area (TPSA) is 115 Å². The lowest BCUT2D eigenvalue weighted by atomic mass is 10.4. The second-order valence-corrected chi connectivity index (χ2v) is 3.46. The standard InChI is InChI=1S/C5H8FN5O2S/c6-2-13-11-14-5(8)9-4(10-14)1-3(7)12/h1-2H2,(H2,7,12)(H2,8,9,10). The third-order valence-electron chi connectivity index (χ3n) is 1.12. The van der Waals surface area contributed by atoms with Crippen LogP contribution in [0.25, 0.3) is 0 Å². The number of nitrogens with zero attached hydrogens (tertiary/aromatic N) is 3. The van der Waals surface area contributed by atoms with E-state index in [0.717, 1.165) is 0 Å². The maximum atomic E-state index is 11.6. The summed E-state index contributed by atoms with van der Waals surface area (Å²) in [5, 5.41) is 0.0784. The first kappa shape index (κ1) is 10.7. The van der Waals surface area contributed by atoms with Crippen LogP contribution in [0.2, 0.25) is 0 Å². The van der Waals surface area contributed by atoms with E-state index in [1.165, 1.54) is 0 Å². The van der Waals surface area contributed by atoms with E-state index in [2.05, 4.69) is 18.8 Å². The van der Waals surface area contributed by atoms with E-state index in [4.69, 9.17) is 11.5 Å². The van der Waals surface area contributed by atoms with Gasteiger partial charge in [-0.2, -0.15) is 4.40 Å². The first-order chi connectivity index (χ1) is 6.63. The number of aliphatic imine (C=N–C) groups is 1. The molecule has 0 bridgehead atoms. The molecule has 0 aromatic heterocycles. The highest BCUT2D eigenvalue weighted by Crippen LogP contribution is 2.05.